The first-order valence-corrected chi connectivity index (χ1v) is 10.2. The van der Waals surface area contributed by atoms with Crippen molar-refractivity contribution in [1.29, 1.82) is 0 Å². The lowest BCUT2D eigenvalue weighted by molar-refractivity contribution is 0.553. The minimum Gasteiger partial charge on any atom is -0.349 e. The molecule has 0 aliphatic heterocycles. The van der Waals surface area contributed by atoms with Crippen molar-refractivity contribution in [3.8, 4) is 0 Å². The van der Waals surface area contributed by atoms with E-state index in [4.69, 9.17) is 0 Å². The van der Waals surface area contributed by atoms with Gasteiger partial charge in [0, 0.05) is 24.7 Å². The van der Waals surface area contributed by atoms with Gasteiger partial charge >= 0.3 is 0 Å². The molecule has 0 bridgehead atoms. The van der Waals surface area contributed by atoms with Crippen LogP contribution in [0.3, 0.4) is 0 Å². The third-order valence-corrected chi connectivity index (χ3v) is 5.96. The molecule has 0 fully saturated rings. The second-order valence-electron chi connectivity index (χ2n) is 7.82. The Morgan fingerprint density at radius 1 is 1.14 bits per heavy atom. The van der Waals surface area contributed by atoms with Crippen molar-refractivity contribution in [2.24, 2.45) is 0 Å². The van der Waals surface area contributed by atoms with Crippen LogP contribution in [-0.4, -0.2) is 19.7 Å². The highest BCUT2D eigenvalue weighted by Gasteiger charge is 2.22. The molecule has 1 aromatic carbocycles. The van der Waals surface area contributed by atoms with Crippen LogP contribution in [0.15, 0.2) is 41.3 Å². The molecule has 0 spiro atoms. The molecule has 2 aliphatic rings. The summed E-state index contributed by atoms with van der Waals surface area (Å²) in [5.41, 5.74) is 6.11. The van der Waals surface area contributed by atoms with E-state index in [0.29, 0.717) is 12.4 Å². The van der Waals surface area contributed by atoms with E-state index in [1.807, 2.05) is 6.20 Å². The first kappa shape index (κ1) is 17.2. The van der Waals surface area contributed by atoms with Crippen molar-refractivity contribution >= 4 is 5.95 Å². The lowest BCUT2D eigenvalue weighted by Gasteiger charge is -2.15. The summed E-state index contributed by atoms with van der Waals surface area (Å²) in [5, 5.41) is 7.99. The first-order chi connectivity index (χ1) is 13.8. The van der Waals surface area contributed by atoms with Crippen LogP contribution in [0, 0.1) is 0 Å². The fourth-order valence-corrected chi connectivity index (χ4v) is 4.55. The summed E-state index contributed by atoms with van der Waals surface area (Å²) < 4.78 is 2.09. The van der Waals surface area contributed by atoms with E-state index in [9.17, 15) is 4.79 Å². The number of nitrogens with zero attached hydrogens (tertiary/aromatic N) is 3. The Bertz CT molecular complexity index is 1050. The maximum Gasteiger partial charge on any atom is 0.252 e. The number of H-pyrrole nitrogens is 1. The van der Waals surface area contributed by atoms with Crippen LogP contribution in [0.4, 0.5) is 5.95 Å². The summed E-state index contributed by atoms with van der Waals surface area (Å²) >= 11 is 0. The number of hydrogen-bond acceptors (Lipinski definition) is 4. The van der Waals surface area contributed by atoms with Crippen LogP contribution in [0.1, 0.15) is 53.4 Å². The van der Waals surface area contributed by atoms with Gasteiger partial charge in [-0.1, -0.05) is 24.3 Å². The van der Waals surface area contributed by atoms with Crippen LogP contribution in [-0.2, 0) is 32.2 Å². The number of hydrogen-bond donors (Lipinski definition) is 2. The average Bonchev–Trinajstić information content (AvgIpc) is 3.31. The summed E-state index contributed by atoms with van der Waals surface area (Å²) in [4.78, 5) is 19.7. The summed E-state index contributed by atoms with van der Waals surface area (Å²) in [6.45, 7) is 0.761. The molecule has 0 unspecified atom stereocenters. The predicted molar refractivity (Wildman–Crippen MR) is 109 cm³/mol. The number of nitrogens with one attached hydrogen (secondary N) is 2. The molecule has 0 amide bonds. The van der Waals surface area contributed by atoms with E-state index in [1.54, 1.807) is 6.07 Å². The van der Waals surface area contributed by atoms with Gasteiger partial charge in [0.2, 0.25) is 5.95 Å². The number of rotatable bonds is 5. The second-order valence-corrected chi connectivity index (χ2v) is 7.82. The fraction of sp³-hybridized carbons (Fsp3) is 0.409. The van der Waals surface area contributed by atoms with Gasteiger partial charge in [-0.15, -0.1) is 0 Å². The second kappa shape index (κ2) is 7.26. The van der Waals surface area contributed by atoms with Gasteiger partial charge in [-0.05, 0) is 55.2 Å². The standard InChI is InChI=1S/C22H25N5O/c28-21-13-17(11-12-27-20-8-4-2-6-16(20)14-23-27)24-22(26-21)25-19-10-9-15-5-1-3-7-18(15)19/h1,3,5,7,13-14,19H,2,4,6,8-12H2,(H2,24,25,26,28)/t19-/m0/s1. The highest BCUT2D eigenvalue weighted by molar-refractivity contribution is 5.40. The molecule has 2 aromatic heterocycles. The Kier molecular flexibility index (Phi) is 4.47. The van der Waals surface area contributed by atoms with Crippen LogP contribution in [0.2, 0.25) is 0 Å². The Balaban J connectivity index is 1.31. The van der Waals surface area contributed by atoms with Crippen LogP contribution < -0.4 is 10.9 Å². The number of fused-ring (bicyclic) bond motifs is 2. The molecule has 1 atom stereocenters. The molecule has 144 valence electrons. The molecule has 28 heavy (non-hydrogen) atoms. The number of aromatic amines is 1. The molecule has 2 N–H and O–H groups in total. The molecular weight excluding hydrogens is 350 g/mol. The number of aromatic nitrogens is 4. The minimum atomic E-state index is -0.110. The SMILES string of the molecule is O=c1cc(CCn2ncc3c2CCCC3)nc(N[C@H]2CCc3ccccc32)[nH]1. The zero-order valence-corrected chi connectivity index (χ0v) is 15.9. The molecule has 5 rings (SSSR count). The first-order valence-electron chi connectivity index (χ1n) is 10.2. The van der Waals surface area contributed by atoms with Crippen molar-refractivity contribution in [3.05, 3.63) is 75.0 Å². The Labute approximate surface area is 164 Å². The van der Waals surface area contributed by atoms with E-state index in [-0.39, 0.29) is 11.6 Å². The molecule has 6 nitrogen and oxygen atoms in total. The molecule has 2 aliphatic carbocycles. The molecule has 0 saturated carbocycles. The zero-order valence-electron chi connectivity index (χ0n) is 15.9. The van der Waals surface area contributed by atoms with Gasteiger partial charge in [0.25, 0.3) is 5.56 Å². The summed E-state index contributed by atoms with van der Waals surface area (Å²) in [6, 6.07) is 10.3. The van der Waals surface area contributed by atoms with Gasteiger partial charge < -0.3 is 5.32 Å². The Morgan fingerprint density at radius 2 is 2.04 bits per heavy atom. The van der Waals surface area contributed by atoms with Crippen molar-refractivity contribution in [2.75, 3.05) is 5.32 Å². The van der Waals surface area contributed by atoms with E-state index in [2.05, 4.69) is 49.3 Å². The molecule has 0 saturated heterocycles. The molecule has 2 heterocycles. The largest absolute Gasteiger partial charge is 0.349 e. The number of benzene rings is 1. The lowest BCUT2D eigenvalue weighted by atomic mass is 9.98. The van der Waals surface area contributed by atoms with E-state index in [0.717, 1.165) is 37.9 Å². The third-order valence-electron chi connectivity index (χ3n) is 5.96. The summed E-state index contributed by atoms with van der Waals surface area (Å²) in [6.07, 6.45) is 9.52. The summed E-state index contributed by atoms with van der Waals surface area (Å²) in [5.74, 6) is 0.562. The van der Waals surface area contributed by atoms with E-state index in [1.165, 1.54) is 35.2 Å². The molecule has 6 heteroatoms. The van der Waals surface area contributed by atoms with Crippen LogP contribution in [0.5, 0.6) is 0 Å². The maximum atomic E-state index is 12.2. The van der Waals surface area contributed by atoms with Crippen molar-refractivity contribution < 1.29 is 0 Å². The van der Waals surface area contributed by atoms with Gasteiger partial charge in [-0.2, -0.15) is 5.10 Å². The lowest BCUT2D eigenvalue weighted by Crippen LogP contribution is -2.18. The molecular formula is C22H25N5O. The third kappa shape index (κ3) is 3.35. The van der Waals surface area contributed by atoms with Crippen molar-refractivity contribution in [1.82, 2.24) is 19.7 Å². The zero-order chi connectivity index (χ0) is 18.9. The predicted octanol–water partition coefficient (Wildman–Crippen LogP) is 3.19. The quantitative estimate of drug-likeness (QED) is 0.718. The monoisotopic (exact) mass is 375 g/mol. The highest BCUT2D eigenvalue weighted by atomic mass is 16.1. The summed E-state index contributed by atoms with van der Waals surface area (Å²) in [7, 11) is 0. The van der Waals surface area contributed by atoms with Crippen molar-refractivity contribution in [2.45, 2.75) is 57.5 Å². The molecule has 0 radical (unpaired) electrons. The van der Waals surface area contributed by atoms with Crippen LogP contribution >= 0.6 is 0 Å². The van der Waals surface area contributed by atoms with E-state index >= 15 is 0 Å². The Hall–Kier alpha value is -2.89. The van der Waals surface area contributed by atoms with Gasteiger partial charge in [0.1, 0.15) is 0 Å². The number of anilines is 1. The van der Waals surface area contributed by atoms with Gasteiger partial charge in [0.05, 0.1) is 17.9 Å². The smallest absolute Gasteiger partial charge is 0.252 e. The van der Waals surface area contributed by atoms with Gasteiger partial charge in [0.15, 0.2) is 0 Å². The average molecular weight is 375 g/mol. The van der Waals surface area contributed by atoms with Crippen LogP contribution in [0.25, 0.3) is 0 Å². The van der Waals surface area contributed by atoms with Gasteiger partial charge in [-0.3, -0.25) is 14.5 Å². The molecule has 3 aromatic rings. The highest BCUT2D eigenvalue weighted by Crippen LogP contribution is 2.32. The maximum absolute atomic E-state index is 12.2. The van der Waals surface area contributed by atoms with Crippen molar-refractivity contribution in [3.63, 3.8) is 0 Å². The topological polar surface area (TPSA) is 75.6 Å². The van der Waals surface area contributed by atoms with E-state index < -0.39 is 0 Å². The minimum absolute atomic E-state index is 0.110. The normalized spacial score (nSPS) is 17.9. The Morgan fingerprint density at radius 3 is 3.00 bits per heavy atom. The number of aryl methyl sites for hydroxylation is 4. The fourth-order valence-electron chi connectivity index (χ4n) is 4.55. The van der Waals surface area contributed by atoms with Gasteiger partial charge in [-0.25, -0.2) is 4.98 Å².